The molecule has 7 heteroatoms. The molecule has 0 fully saturated rings. The van der Waals surface area contributed by atoms with Crippen molar-refractivity contribution in [3.05, 3.63) is 63.0 Å². The minimum Gasteiger partial charge on any atom is -0.485 e. The van der Waals surface area contributed by atoms with Crippen molar-refractivity contribution >= 4 is 34.0 Å². The number of carbonyl (C=O) groups excluding carboxylic acids is 1. The van der Waals surface area contributed by atoms with Gasteiger partial charge in [-0.3, -0.25) is 10.1 Å². The van der Waals surface area contributed by atoms with E-state index in [4.69, 9.17) is 20.8 Å². The molecule has 5 nitrogen and oxygen atoms in total. The molecule has 0 aliphatic carbocycles. The fraction of sp³-hybridized carbons (Fsp3) is 0.222. The molecule has 25 heavy (non-hydrogen) atoms. The van der Waals surface area contributed by atoms with Crippen LogP contribution in [0.3, 0.4) is 0 Å². The summed E-state index contributed by atoms with van der Waals surface area (Å²) in [6, 6.07) is 8.74. The van der Waals surface area contributed by atoms with E-state index in [0.717, 1.165) is 21.9 Å². The van der Waals surface area contributed by atoms with E-state index in [1.165, 1.54) is 11.3 Å². The summed E-state index contributed by atoms with van der Waals surface area (Å²) in [7, 11) is 0. The van der Waals surface area contributed by atoms with Gasteiger partial charge in [0.1, 0.15) is 18.1 Å². The highest BCUT2D eigenvalue weighted by atomic mass is 35.5. The Morgan fingerprint density at radius 2 is 2.08 bits per heavy atom. The van der Waals surface area contributed by atoms with Gasteiger partial charge < -0.3 is 9.15 Å². The lowest BCUT2D eigenvalue weighted by Crippen LogP contribution is -2.10. The van der Waals surface area contributed by atoms with Gasteiger partial charge in [0, 0.05) is 9.90 Å². The lowest BCUT2D eigenvalue weighted by Gasteiger charge is -2.07. The van der Waals surface area contributed by atoms with Crippen molar-refractivity contribution in [2.24, 2.45) is 0 Å². The van der Waals surface area contributed by atoms with Gasteiger partial charge in [-0.05, 0) is 56.7 Å². The molecule has 0 saturated heterocycles. The van der Waals surface area contributed by atoms with E-state index in [9.17, 15) is 4.79 Å². The van der Waals surface area contributed by atoms with Gasteiger partial charge in [-0.2, -0.15) is 0 Å². The maximum absolute atomic E-state index is 12.2. The van der Waals surface area contributed by atoms with Crippen LogP contribution in [0.1, 0.15) is 32.4 Å². The number of nitrogens with one attached hydrogen (secondary N) is 1. The van der Waals surface area contributed by atoms with Gasteiger partial charge in [0.2, 0.25) is 0 Å². The molecule has 0 radical (unpaired) electrons. The molecule has 2 aromatic heterocycles. The van der Waals surface area contributed by atoms with Gasteiger partial charge in [0.25, 0.3) is 5.91 Å². The number of rotatable bonds is 5. The van der Waals surface area contributed by atoms with Gasteiger partial charge in [0.05, 0.1) is 5.69 Å². The summed E-state index contributed by atoms with van der Waals surface area (Å²) < 4.78 is 11.3. The molecule has 0 aliphatic rings. The zero-order valence-electron chi connectivity index (χ0n) is 14.1. The Hall–Kier alpha value is -2.31. The highest BCUT2D eigenvalue weighted by Gasteiger charge is 2.14. The first-order chi connectivity index (χ1) is 11.9. The first-order valence-electron chi connectivity index (χ1n) is 7.65. The minimum atomic E-state index is -0.331. The summed E-state index contributed by atoms with van der Waals surface area (Å²) in [5.41, 5.74) is 1.85. The molecular formula is C18H17ClN2O3S. The molecule has 0 saturated carbocycles. The number of carbonyl (C=O) groups is 1. The molecule has 0 aliphatic heterocycles. The largest absolute Gasteiger partial charge is 0.485 e. The summed E-state index contributed by atoms with van der Waals surface area (Å²) in [6.45, 7) is 6.01. The van der Waals surface area contributed by atoms with Crippen molar-refractivity contribution < 1.29 is 13.9 Å². The van der Waals surface area contributed by atoms with Crippen molar-refractivity contribution in [2.75, 3.05) is 5.32 Å². The van der Waals surface area contributed by atoms with E-state index in [2.05, 4.69) is 10.3 Å². The molecule has 1 amide bonds. The number of hydrogen-bond acceptors (Lipinski definition) is 5. The average molecular weight is 377 g/mol. The van der Waals surface area contributed by atoms with Crippen molar-refractivity contribution in [2.45, 2.75) is 27.4 Å². The van der Waals surface area contributed by atoms with Crippen LogP contribution in [0, 0.1) is 20.8 Å². The van der Waals surface area contributed by atoms with Gasteiger partial charge in [0.15, 0.2) is 10.9 Å². The number of amides is 1. The molecular weight excluding hydrogens is 360 g/mol. The highest BCUT2D eigenvalue weighted by Crippen LogP contribution is 2.24. The number of thiazole rings is 1. The smallest absolute Gasteiger partial charge is 0.293 e. The van der Waals surface area contributed by atoms with Crippen LogP contribution < -0.4 is 10.1 Å². The van der Waals surface area contributed by atoms with Crippen LogP contribution in [0.5, 0.6) is 5.75 Å². The lowest BCUT2D eigenvalue weighted by molar-refractivity contribution is 0.0992. The summed E-state index contributed by atoms with van der Waals surface area (Å²) in [6.07, 6.45) is 0. The third-order valence-corrected chi connectivity index (χ3v) is 4.86. The molecule has 3 aromatic rings. The Kier molecular flexibility index (Phi) is 5.11. The normalized spacial score (nSPS) is 10.7. The average Bonchev–Trinajstić information content (AvgIpc) is 3.14. The topological polar surface area (TPSA) is 64.4 Å². The monoisotopic (exact) mass is 376 g/mol. The van der Waals surface area contributed by atoms with E-state index in [0.29, 0.717) is 15.9 Å². The summed E-state index contributed by atoms with van der Waals surface area (Å²) in [5, 5.41) is 3.96. The molecule has 130 valence electrons. The molecule has 0 spiro atoms. The minimum absolute atomic E-state index is 0.219. The Bertz CT molecular complexity index is 897. The number of hydrogen-bond donors (Lipinski definition) is 1. The zero-order chi connectivity index (χ0) is 18.0. The Labute approximate surface area is 154 Å². The Balaban J connectivity index is 1.62. The molecule has 1 N–H and O–H groups in total. The van der Waals surface area contributed by atoms with E-state index < -0.39 is 0 Å². The van der Waals surface area contributed by atoms with Crippen LogP contribution in [0.4, 0.5) is 5.13 Å². The number of aryl methyl sites for hydroxylation is 3. The van der Waals surface area contributed by atoms with Crippen LogP contribution >= 0.6 is 22.9 Å². The lowest BCUT2D eigenvalue weighted by atomic mass is 10.2. The molecule has 2 heterocycles. The summed E-state index contributed by atoms with van der Waals surface area (Å²) >= 11 is 7.36. The maximum Gasteiger partial charge on any atom is 0.293 e. The predicted molar refractivity (Wildman–Crippen MR) is 98.8 cm³/mol. The molecule has 3 rings (SSSR count). The summed E-state index contributed by atoms with van der Waals surface area (Å²) in [4.78, 5) is 17.6. The highest BCUT2D eigenvalue weighted by molar-refractivity contribution is 7.15. The van der Waals surface area contributed by atoms with Crippen LogP contribution in [0.15, 0.2) is 34.7 Å². The quantitative estimate of drug-likeness (QED) is 0.669. The SMILES string of the molecule is Cc1cc(Cl)ccc1OCc1ccc(C(=O)Nc2nc(C)c(C)s2)o1. The van der Waals surface area contributed by atoms with Crippen LogP contribution in [0.25, 0.3) is 0 Å². The second-order valence-corrected chi connectivity index (χ2v) is 7.22. The molecule has 1 aromatic carbocycles. The second kappa shape index (κ2) is 7.29. The van der Waals surface area contributed by atoms with Gasteiger partial charge >= 0.3 is 0 Å². The van der Waals surface area contributed by atoms with Gasteiger partial charge in [-0.1, -0.05) is 11.6 Å². The second-order valence-electron chi connectivity index (χ2n) is 5.58. The van der Waals surface area contributed by atoms with Crippen LogP contribution in [0.2, 0.25) is 5.02 Å². The third-order valence-electron chi connectivity index (χ3n) is 3.64. The Morgan fingerprint density at radius 3 is 2.76 bits per heavy atom. The number of furan rings is 1. The standard InChI is InChI=1S/C18H17ClN2O3S/c1-10-8-13(19)4-6-15(10)23-9-14-5-7-16(24-14)17(22)21-18-20-11(2)12(3)25-18/h4-8H,9H2,1-3H3,(H,20,21,22). The molecule has 0 bridgehead atoms. The number of anilines is 1. The van der Waals surface area contributed by atoms with Gasteiger partial charge in [-0.15, -0.1) is 11.3 Å². The number of nitrogens with zero attached hydrogens (tertiary/aromatic N) is 1. The number of aromatic nitrogens is 1. The maximum atomic E-state index is 12.2. The van der Waals surface area contributed by atoms with Crippen LogP contribution in [-0.2, 0) is 6.61 Å². The Morgan fingerprint density at radius 1 is 1.28 bits per heavy atom. The van der Waals surface area contributed by atoms with E-state index in [1.807, 2.05) is 26.8 Å². The fourth-order valence-corrected chi connectivity index (χ4v) is 3.22. The first kappa shape index (κ1) is 17.5. The third kappa shape index (κ3) is 4.21. The van der Waals surface area contributed by atoms with E-state index >= 15 is 0 Å². The van der Waals surface area contributed by atoms with Crippen molar-refractivity contribution in [1.82, 2.24) is 4.98 Å². The van der Waals surface area contributed by atoms with E-state index in [1.54, 1.807) is 24.3 Å². The molecule has 0 unspecified atom stereocenters. The predicted octanol–water partition coefficient (Wildman–Crippen LogP) is 5.15. The number of halogens is 1. The fourth-order valence-electron chi connectivity index (χ4n) is 2.19. The van der Waals surface area contributed by atoms with Crippen molar-refractivity contribution in [1.29, 1.82) is 0 Å². The van der Waals surface area contributed by atoms with Crippen LogP contribution in [-0.4, -0.2) is 10.9 Å². The number of ether oxygens (including phenoxy) is 1. The van der Waals surface area contributed by atoms with Crippen molar-refractivity contribution in [3.63, 3.8) is 0 Å². The first-order valence-corrected chi connectivity index (χ1v) is 8.85. The molecule has 0 atom stereocenters. The van der Waals surface area contributed by atoms with E-state index in [-0.39, 0.29) is 18.3 Å². The number of benzene rings is 1. The summed E-state index contributed by atoms with van der Waals surface area (Å²) in [5.74, 6) is 1.17. The zero-order valence-corrected chi connectivity index (χ0v) is 15.6. The van der Waals surface area contributed by atoms with Crippen molar-refractivity contribution in [3.8, 4) is 5.75 Å². The van der Waals surface area contributed by atoms with Gasteiger partial charge in [-0.25, -0.2) is 4.98 Å².